The van der Waals surface area contributed by atoms with Crippen LogP contribution in [0.3, 0.4) is 0 Å². The van der Waals surface area contributed by atoms with Crippen molar-refractivity contribution in [2.75, 3.05) is 13.1 Å². The van der Waals surface area contributed by atoms with Gasteiger partial charge >= 0.3 is 5.97 Å². The third kappa shape index (κ3) is 11.5. The first kappa shape index (κ1) is 28.8. The van der Waals surface area contributed by atoms with Gasteiger partial charge < -0.3 is 49.0 Å². The number of carboxylic acids is 1. The molecule has 16 nitrogen and oxygen atoms in total. The number of nitrogens with zero attached hydrogens (tertiary/aromatic N) is 2. The molecule has 3 unspecified atom stereocenters. The van der Waals surface area contributed by atoms with Gasteiger partial charge in [0.25, 0.3) is 0 Å². The summed E-state index contributed by atoms with van der Waals surface area (Å²) in [7, 11) is 0. The average Bonchev–Trinajstić information content (AvgIpc) is 3.30. The fraction of sp³-hybridized carbons (Fsp3) is 0.526. The summed E-state index contributed by atoms with van der Waals surface area (Å²) < 4.78 is 0. The Balaban J connectivity index is 2.95. The highest BCUT2D eigenvalue weighted by Crippen LogP contribution is 2.05. The number of hydrogen-bond acceptors (Lipinski definition) is 8. The van der Waals surface area contributed by atoms with Crippen LogP contribution in [-0.4, -0.2) is 81.8 Å². The zero-order chi connectivity index (χ0) is 26.4. The van der Waals surface area contributed by atoms with Crippen molar-refractivity contribution < 1.29 is 29.1 Å². The van der Waals surface area contributed by atoms with Crippen LogP contribution in [0.5, 0.6) is 0 Å². The second-order valence-corrected chi connectivity index (χ2v) is 7.52. The first-order valence-corrected chi connectivity index (χ1v) is 10.7. The van der Waals surface area contributed by atoms with Crippen molar-refractivity contribution in [1.29, 1.82) is 0 Å². The summed E-state index contributed by atoms with van der Waals surface area (Å²) in [5.74, 6) is -4.41. The van der Waals surface area contributed by atoms with E-state index in [9.17, 15) is 29.1 Å². The van der Waals surface area contributed by atoms with Gasteiger partial charge in [0.2, 0.25) is 23.6 Å². The van der Waals surface area contributed by atoms with E-state index >= 15 is 0 Å². The number of hydrogen-bond donors (Lipinski definition) is 9. The number of amides is 4. The van der Waals surface area contributed by atoms with Gasteiger partial charge in [-0.25, -0.2) is 9.78 Å². The lowest BCUT2D eigenvalue weighted by molar-refractivity contribution is -0.142. The van der Waals surface area contributed by atoms with Crippen LogP contribution in [0.15, 0.2) is 17.5 Å². The number of aliphatic carboxylic acids is 1. The van der Waals surface area contributed by atoms with E-state index in [0.717, 1.165) is 0 Å². The van der Waals surface area contributed by atoms with Crippen LogP contribution in [0.2, 0.25) is 0 Å². The van der Waals surface area contributed by atoms with Gasteiger partial charge in [-0.2, -0.15) is 0 Å². The molecular weight excluding hydrogens is 464 g/mol. The Morgan fingerprint density at radius 1 is 1.00 bits per heavy atom. The highest BCUT2D eigenvalue weighted by molar-refractivity contribution is 5.94. The molecule has 3 atom stereocenters. The van der Waals surface area contributed by atoms with Gasteiger partial charge in [-0.15, -0.1) is 0 Å². The molecule has 0 aromatic carbocycles. The number of guanidine groups is 1. The smallest absolute Gasteiger partial charge is 0.326 e. The maximum atomic E-state index is 12.9. The fourth-order valence-electron chi connectivity index (χ4n) is 2.94. The molecule has 4 amide bonds. The van der Waals surface area contributed by atoms with Crippen molar-refractivity contribution >= 4 is 35.6 Å². The van der Waals surface area contributed by atoms with E-state index < -0.39 is 47.7 Å². The average molecular weight is 497 g/mol. The molecule has 0 aliphatic carbocycles. The molecule has 0 saturated carbocycles. The molecule has 1 aromatic rings. The summed E-state index contributed by atoms with van der Waals surface area (Å²) in [5, 5.41) is 16.7. The Morgan fingerprint density at radius 3 is 2.20 bits per heavy atom. The first-order valence-electron chi connectivity index (χ1n) is 10.7. The van der Waals surface area contributed by atoms with E-state index in [1.54, 1.807) is 0 Å². The van der Waals surface area contributed by atoms with Crippen LogP contribution in [0.4, 0.5) is 0 Å². The minimum absolute atomic E-state index is 0.00332. The predicted molar refractivity (Wildman–Crippen MR) is 123 cm³/mol. The molecular formula is C19H32N10O6. The lowest BCUT2D eigenvalue weighted by Crippen LogP contribution is -2.56. The molecule has 35 heavy (non-hydrogen) atoms. The van der Waals surface area contributed by atoms with Gasteiger partial charge in [-0.3, -0.25) is 24.2 Å². The number of primary amides is 1. The van der Waals surface area contributed by atoms with E-state index in [1.165, 1.54) is 12.5 Å². The van der Waals surface area contributed by atoms with Gasteiger partial charge in [0.1, 0.15) is 18.1 Å². The minimum atomic E-state index is -1.31. The maximum Gasteiger partial charge on any atom is 0.326 e. The van der Waals surface area contributed by atoms with E-state index in [-0.39, 0.29) is 51.2 Å². The predicted octanol–water partition coefficient (Wildman–Crippen LogP) is -4.23. The molecule has 0 spiro atoms. The second-order valence-electron chi connectivity index (χ2n) is 7.52. The quantitative estimate of drug-likeness (QED) is 0.0603. The zero-order valence-electron chi connectivity index (χ0n) is 19.0. The van der Waals surface area contributed by atoms with Crippen molar-refractivity contribution in [2.45, 2.75) is 50.2 Å². The van der Waals surface area contributed by atoms with Gasteiger partial charge in [0.05, 0.1) is 12.9 Å². The third-order valence-corrected chi connectivity index (χ3v) is 4.69. The van der Waals surface area contributed by atoms with Crippen molar-refractivity contribution in [3.8, 4) is 0 Å². The van der Waals surface area contributed by atoms with E-state index in [1.807, 2.05) is 0 Å². The van der Waals surface area contributed by atoms with Gasteiger partial charge in [0, 0.05) is 31.3 Å². The molecule has 1 aromatic heterocycles. The Labute approximate surface area is 200 Å². The largest absolute Gasteiger partial charge is 0.480 e. The number of aromatic amines is 1. The van der Waals surface area contributed by atoms with E-state index in [2.05, 4.69) is 30.9 Å². The van der Waals surface area contributed by atoms with Gasteiger partial charge in [0.15, 0.2) is 5.96 Å². The fourth-order valence-corrected chi connectivity index (χ4v) is 2.94. The van der Waals surface area contributed by atoms with Crippen LogP contribution < -0.4 is 38.9 Å². The molecule has 0 radical (unpaired) electrons. The summed E-state index contributed by atoms with van der Waals surface area (Å²) in [6.07, 6.45) is 2.64. The third-order valence-electron chi connectivity index (χ3n) is 4.69. The molecule has 13 N–H and O–H groups in total. The number of aromatic nitrogens is 2. The van der Waals surface area contributed by atoms with Crippen LogP contribution in [-0.2, 0) is 30.4 Å². The highest BCUT2D eigenvalue weighted by Gasteiger charge is 2.30. The summed E-state index contributed by atoms with van der Waals surface area (Å²) in [4.78, 5) is 70.8. The molecule has 0 aliphatic rings. The minimum Gasteiger partial charge on any atom is -0.480 e. The van der Waals surface area contributed by atoms with Crippen molar-refractivity contribution in [1.82, 2.24) is 25.9 Å². The molecule has 0 bridgehead atoms. The van der Waals surface area contributed by atoms with Crippen LogP contribution in [0, 0.1) is 0 Å². The standard InChI is InChI=1S/C19H32N10O6/c20-7-15(31)27-13(6-10-8-24-9-26-10)17(33)28-11(3-4-14(21)30)16(32)29-12(18(34)35)2-1-5-25-19(22)23/h8-9,11-13H,1-7,20H2,(H2,21,30)(H,24,26)(H,27,31)(H,28,33)(H,29,32)(H,34,35)(H4,22,23,25). The number of rotatable bonds is 16. The van der Waals surface area contributed by atoms with Gasteiger partial charge in [-0.05, 0) is 19.3 Å². The molecule has 194 valence electrons. The lowest BCUT2D eigenvalue weighted by atomic mass is 10.1. The summed E-state index contributed by atoms with van der Waals surface area (Å²) >= 11 is 0. The number of carbonyl (C=O) groups is 5. The Hall–Kier alpha value is -4.21. The summed E-state index contributed by atoms with van der Waals surface area (Å²) in [6.45, 7) is -0.224. The summed E-state index contributed by atoms with van der Waals surface area (Å²) in [6, 6.07) is -3.75. The highest BCUT2D eigenvalue weighted by atomic mass is 16.4. The molecule has 0 saturated heterocycles. The molecule has 16 heteroatoms. The Bertz CT molecular complexity index is 900. The number of carboxylic acid groups (broad SMARTS) is 1. The zero-order valence-corrected chi connectivity index (χ0v) is 19.0. The molecule has 1 heterocycles. The molecule has 0 fully saturated rings. The topological polar surface area (TPSA) is 287 Å². The lowest BCUT2D eigenvalue weighted by Gasteiger charge is -2.24. The number of aliphatic imine (C=N–C) groups is 1. The Kier molecular flexibility index (Phi) is 12.2. The van der Waals surface area contributed by atoms with Gasteiger partial charge in [-0.1, -0.05) is 0 Å². The monoisotopic (exact) mass is 496 g/mol. The Morgan fingerprint density at radius 2 is 1.66 bits per heavy atom. The normalized spacial score (nSPS) is 13.1. The van der Waals surface area contributed by atoms with Crippen LogP contribution in [0.1, 0.15) is 31.4 Å². The molecule has 1 rings (SSSR count). The van der Waals surface area contributed by atoms with Crippen molar-refractivity contribution in [3.05, 3.63) is 18.2 Å². The first-order chi connectivity index (χ1) is 16.5. The van der Waals surface area contributed by atoms with E-state index in [0.29, 0.717) is 5.69 Å². The van der Waals surface area contributed by atoms with Crippen molar-refractivity contribution in [3.63, 3.8) is 0 Å². The number of nitrogens with two attached hydrogens (primary N) is 4. The SMILES string of the molecule is NCC(=O)NC(Cc1cnc[nH]1)C(=O)NC(CCC(N)=O)C(=O)NC(CCCN=C(N)N)C(=O)O. The van der Waals surface area contributed by atoms with Crippen LogP contribution >= 0.6 is 0 Å². The maximum absolute atomic E-state index is 12.9. The van der Waals surface area contributed by atoms with E-state index in [4.69, 9.17) is 22.9 Å². The second kappa shape index (κ2) is 14.8. The number of nitrogens with one attached hydrogen (secondary N) is 4. The summed E-state index contributed by atoms with van der Waals surface area (Å²) in [5.41, 5.74) is 21.5. The van der Waals surface area contributed by atoms with Crippen LogP contribution in [0.25, 0.3) is 0 Å². The number of carbonyl (C=O) groups excluding carboxylic acids is 4. The number of imidazole rings is 1. The molecule has 0 aliphatic heterocycles. The number of H-pyrrole nitrogens is 1. The van der Waals surface area contributed by atoms with Crippen molar-refractivity contribution in [2.24, 2.45) is 27.9 Å².